The zero-order chi connectivity index (χ0) is 21.8. The number of nitrogens with one attached hydrogen (secondary N) is 1. The van der Waals surface area contributed by atoms with Crippen molar-refractivity contribution in [2.75, 3.05) is 18.5 Å². The van der Waals surface area contributed by atoms with Crippen molar-refractivity contribution in [3.05, 3.63) is 65.2 Å². The molecule has 6 nitrogen and oxygen atoms in total. The molecule has 2 aromatic carbocycles. The molecule has 3 heterocycles. The predicted molar refractivity (Wildman–Crippen MR) is 119 cm³/mol. The number of rotatable bonds is 4. The molecule has 3 atom stereocenters. The van der Waals surface area contributed by atoms with E-state index in [1.165, 1.54) is 0 Å². The number of ether oxygens (including phenoxy) is 1. The van der Waals surface area contributed by atoms with Crippen LogP contribution in [0.2, 0.25) is 0 Å². The number of anilines is 1. The van der Waals surface area contributed by atoms with Gasteiger partial charge in [0.15, 0.2) is 5.72 Å². The molecule has 5 rings (SSSR count). The Labute approximate surface area is 183 Å². The monoisotopic (exact) mass is 419 g/mol. The summed E-state index contributed by atoms with van der Waals surface area (Å²) in [6.45, 7) is 7.17. The van der Waals surface area contributed by atoms with Gasteiger partial charge in [-0.05, 0) is 38.5 Å². The van der Waals surface area contributed by atoms with Crippen molar-refractivity contribution >= 4 is 17.5 Å². The molecule has 3 aliphatic rings. The molecule has 2 amide bonds. The molecule has 6 heteroatoms. The number of benzene rings is 2. The Morgan fingerprint density at radius 1 is 1.19 bits per heavy atom. The van der Waals surface area contributed by atoms with Gasteiger partial charge in [0.25, 0.3) is 5.91 Å². The SMILES string of the molecule is Cc1ccc(NC(C)C)c(C(=O)N2CC[C@@]34OC[C@@H](c5ccccc5)N3C(=O)C[C@@H]24)c1. The summed E-state index contributed by atoms with van der Waals surface area (Å²) >= 11 is 0. The molecule has 0 bridgehead atoms. The molecule has 0 aliphatic carbocycles. The Kier molecular flexibility index (Phi) is 4.77. The highest BCUT2D eigenvalue weighted by Gasteiger charge is 2.65. The highest BCUT2D eigenvalue weighted by Crippen LogP contribution is 2.51. The maximum absolute atomic E-state index is 13.7. The number of amides is 2. The number of likely N-dealkylation sites (tertiary alicyclic amines) is 1. The van der Waals surface area contributed by atoms with Crippen LogP contribution in [-0.4, -0.2) is 52.6 Å². The van der Waals surface area contributed by atoms with Gasteiger partial charge in [-0.3, -0.25) is 9.59 Å². The molecule has 1 N–H and O–H groups in total. The molecule has 31 heavy (non-hydrogen) atoms. The minimum Gasteiger partial charge on any atom is -0.382 e. The van der Waals surface area contributed by atoms with Gasteiger partial charge in [-0.1, -0.05) is 42.0 Å². The molecule has 3 saturated heterocycles. The lowest BCUT2D eigenvalue weighted by Crippen LogP contribution is -2.49. The lowest BCUT2D eigenvalue weighted by molar-refractivity contribution is -0.138. The summed E-state index contributed by atoms with van der Waals surface area (Å²) in [5.74, 6) is 0.0359. The topological polar surface area (TPSA) is 61.9 Å². The minimum atomic E-state index is -0.706. The van der Waals surface area contributed by atoms with Crippen molar-refractivity contribution < 1.29 is 14.3 Å². The van der Waals surface area contributed by atoms with Crippen LogP contribution in [0.25, 0.3) is 0 Å². The first-order chi connectivity index (χ1) is 14.9. The Hall–Kier alpha value is -2.86. The fourth-order valence-electron chi connectivity index (χ4n) is 5.44. The fourth-order valence-corrected chi connectivity index (χ4v) is 5.44. The van der Waals surface area contributed by atoms with E-state index in [-0.39, 0.29) is 29.9 Å². The number of hydrogen-bond acceptors (Lipinski definition) is 4. The molecule has 2 aromatic rings. The van der Waals surface area contributed by atoms with E-state index in [2.05, 4.69) is 19.2 Å². The number of aryl methyl sites for hydroxylation is 1. The first kappa shape index (κ1) is 20.1. The van der Waals surface area contributed by atoms with Crippen LogP contribution in [0.15, 0.2) is 48.5 Å². The third-order valence-electron chi connectivity index (χ3n) is 6.75. The summed E-state index contributed by atoms with van der Waals surface area (Å²) in [4.78, 5) is 30.6. The molecule has 3 aliphatic heterocycles. The molecule has 162 valence electrons. The number of carbonyl (C=O) groups is 2. The summed E-state index contributed by atoms with van der Waals surface area (Å²) in [5.41, 5.74) is 2.91. The van der Waals surface area contributed by atoms with Gasteiger partial charge in [-0.25, -0.2) is 0 Å². The van der Waals surface area contributed by atoms with E-state index in [1.807, 2.05) is 65.3 Å². The van der Waals surface area contributed by atoms with Gasteiger partial charge < -0.3 is 19.9 Å². The fraction of sp³-hybridized carbons (Fsp3) is 0.440. The van der Waals surface area contributed by atoms with Gasteiger partial charge in [0.05, 0.1) is 30.7 Å². The summed E-state index contributed by atoms with van der Waals surface area (Å²) in [5, 5.41) is 3.39. The van der Waals surface area contributed by atoms with Crippen LogP contribution < -0.4 is 5.32 Å². The molecule has 0 aromatic heterocycles. The number of carbonyl (C=O) groups excluding carboxylic acids is 2. The predicted octanol–water partition coefficient (Wildman–Crippen LogP) is 3.73. The van der Waals surface area contributed by atoms with Crippen molar-refractivity contribution in [2.24, 2.45) is 0 Å². The lowest BCUT2D eigenvalue weighted by atomic mass is 10.0. The van der Waals surface area contributed by atoms with Crippen molar-refractivity contribution in [1.82, 2.24) is 9.80 Å². The summed E-state index contributed by atoms with van der Waals surface area (Å²) in [6.07, 6.45) is 0.963. The van der Waals surface area contributed by atoms with Crippen molar-refractivity contribution in [1.29, 1.82) is 0 Å². The Balaban J connectivity index is 1.46. The molecule has 0 radical (unpaired) electrons. The van der Waals surface area contributed by atoms with E-state index in [4.69, 9.17) is 4.74 Å². The molecular weight excluding hydrogens is 390 g/mol. The zero-order valence-corrected chi connectivity index (χ0v) is 18.3. The number of nitrogens with zero attached hydrogens (tertiary/aromatic N) is 2. The Bertz CT molecular complexity index is 1020. The summed E-state index contributed by atoms with van der Waals surface area (Å²) in [6, 6.07) is 15.8. The molecule has 1 spiro atoms. The smallest absolute Gasteiger partial charge is 0.256 e. The highest BCUT2D eigenvalue weighted by atomic mass is 16.5. The normalized spacial score (nSPS) is 27.0. The van der Waals surface area contributed by atoms with Crippen LogP contribution in [0.4, 0.5) is 5.69 Å². The lowest BCUT2D eigenvalue weighted by Gasteiger charge is -2.33. The van der Waals surface area contributed by atoms with Crippen molar-refractivity contribution in [2.45, 2.75) is 57.5 Å². The standard InChI is InChI=1S/C25H29N3O3/c1-16(2)26-20-10-9-17(3)13-19(20)24(30)27-12-11-25-22(27)14-23(29)28(25)21(15-31-25)18-7-5-4-6-8-18/h4-10,13,16,21-22,26H,11-12,14-15H2,1-3H3/t21-,22+,25-/m0/s1. The van der Waals surface area contributed by atoms with E-state index in [0.717, 1.165) is 16.8 Å². The minimum absolute atomic E-state index is 0.0323. The van der Waals surface area contributed by atoms with E-state index in [0.29, 0.717) is 31.6 Å². The van der Waals surface area contributed by atoms with Crippen LogP contribution in [0.1, 0.15) is 54.2 Å². The second-order valence-electron chi connectivity index (χ2n) is 9.16. The summed E-state index contributed by atoms with van der Waals surface area (Å²) < 4.78 is 6.36. The average Bonchev–Trinajstić information content (AvgIpc) is 3.38. The van der Waals surface area contributed by atoms with Crippen LogP contribution in [-0.2, 0) is 9.53 Å². The van der Waals surface area contributed by atoms with Gasteiger partial charge in [0.2, 0.25) is 5.91 Å². The van der Waals surface area contributed by atoms with Gasteiger partial charge in [0.1, 0.15) is 0 Å². The first-order valence-electron chi connectivity index (χ1n) is 11.1. The van der Waals surface area contributed by atoms with E-state index in [1.54, 1.807) is 0 Å². The third kappa shape index (κ3) is 3.12. The largest absolute Gasteiger partial charge is 0.382 e. The summed E-state index contributed by atoms with van der Waals surface area (Å²) in [7, 11) is 0. The van der Waals surface area contributed by atoms with Crippen LogP contribution >= 0.6 is 0 Å². The second-order valence-corrected chi connectivity index (χ2v) is 9.16. The van der Waals surface area contributed by atoms with Crippen molar-refractivity contribution in [3.63, 3.8) is 0 Å². The first-order valence-corrected chi connectivity index (χ1v) is 11.1. The van der Waals surface area contributed by atoms with Gasteiger partial charge >= 0.3 is 0 Å². The van der Waals surface area contributed by atoms with Crippen molar-refractivity contribution in [3.8, 4) is 0 Å². The zero-order valence-electron chi connectivity index (χ0n) is 18.3. The average molecular weight is 420 g/mol. The van der Waals surface area contributed by atoms with Gasteiger partial charge in [-0.15, -0.1) is 0 Å². The third-order valence-corrected chi connectivity index (χ3v) is 6.75. The Morgan fingerprint density at radius 2 is 1.97 bits per heavy atom. The van der Waals surface area contributed by atoms with Crippen LogP contribution in [0.5, 0.6) is 0 Å². The molecule has 3 fully saturated rings. The molecule has 0 saturated carbocycles. The van der Waals surface area contributed by atoms with Gasteiger partial charge in [0, 0.05) is 24.7 Å². The van der Waals surface area contributed by atoms with E-state index in [9.17, 15) is 9.59 Å². The molecule has 0 unspecified atom stereocenters. The maximum Gasteiger partial charge on any atom is 0.256 e. The van der Waals surface area contributed by atoms with E-state index < -0.39 is 5.72 Å². The quantitative estimate of drug-likeness (QED) is 0.820. The highest BCUT2D eigenvalue weighted by molar-refractivity contribution is 6.01. The van der Waals surface area contributed by atoms with Gasteiger partial charge in [-0.2, -0.15) is 0 Å². The number of hydrogen-bond donors (Lipinski definition) is 1. The van der Waals surface area contributed by atoms with Crippen LogP contribution in [0.3, 0.4) is 0 Å². The van der Waals surface area contributed by atoms with E-state index >= 15 is 0 Å². The maximum atomic E-state index is 13.7. The molecular formula is C25H29N3O3. The second kappa shape index (κ2) is 7.38. The van der Waals surface area contributed by atoms with Crippen LogP contribution in [0, 0.1) is 6.92 Å². The Morgan fingerprint density at radius 3 is 2.71 bits per heavy atom.